The van der Waals surface area contributed by atoms with Crippen LogP contribution in [0.4, 0.5) is 0 Å². The quantitative estimate of drug-likeness (QED) is 0.855. The Labute approximate surface area is 109 Å². The summed E-state index contributed by atoms with van der Waals surface area (Å²) in [6.45, 7) is 0.349. The van der Waals surface area contributed by atoms with E-state index in [1.54, 1.807) is 23.7 Å². The molecule has 17 heavy (non-hydrogen) atoms. The number of nitrogens with zero attached hydrogens (tertiary/aromatic N) is 1. The van der Waals surface area contributed by atoms with Gasteiger partial charge in [-0.1, -0.05) is 6.07 Å². The largest absolute Gasteiger partial charge is 0.386 e. The van der Waals surface area contributed by atoms with Crippen LogP contribution >= 0.6 is 23.1 Å². The first-order chi connectivity index (χ1) is 8.18. The number of hydrogen-bond donors (Lipinski definition) is 2. The minimum Gasteiger partial charge on any atom is -0.386 e. The third kappa shape index (κ3) is 3.22. The van der Waals surface area contributed by atoms with Gasteiger partial charge in [0.05, 0.1) is 12.6 Å². The van der Waals surface area contributed by atoms with Gasteiger partial charge in [-0.25, -0.2) is 0 Å². The number of aliphatic hydroxyl groups is 1. The average Bonchev–Trinajstić information content (AvgIpc) is 3.00. The summed E-state index contributed by atoms with van der Waals surface area (Å²) in [5.41, 5.74) is 0. The molecule has 0 aromatic carbocycles. The van der Waals surface area contributed by atoms with Crippen molar-refractivity contribution >= 4 is 29.0 Å². The number of thiophene rings is 1. The predicted molar refractivity (Wildman–Crippen MR) is 71.2 cm³/mol. The van der Waals surface area contributed by atoms with Crippen molar-refractivity contribution in [3.8, 4) is 0 Å². The molecule has 1 aromatic heterocycles. The van der Waals surface area contributed by atoms with Crippen molar-refractivity contribution in [2.24, 2.45) is 0 Å². The number of thioether (sulfide) groups is 1. The van der Waals surface area contributed by atoms with E-state index in [1.807, 2.05) is 17.5 Å². The monoisotopic (exact) mass is 272 g/mol. The molecule has 94 valence electrons. The van der Waals surface area contributed by atoms with Gasteiger partial charge in [0.15, 0.2) is 0 Å². The first kappa shape index (κ1) is 12.9. The fourth-order valence-electron chi connectivity index (χ4n) is 1.74. The summed E-state index contributed by atoms with van der Waals surface area (Å²) in [5.74, 6) is 1.71. The third-order valence-corrected chi connectivity index (χ3v) is 4.62. The Morgan fingerprint density at radius 1 is 1.76 bits per heavy atom. The van der Waals surface area contributed by atoms with Crippen LogP contribution in [-0.2, 0) is 4.79 Å². The topological polar surface area (TPSA) is 52.6 Å². The summed E-state index contributed by atoms with van der Waals surface area (Å²) in [7, 11) is 1.74. The summed E-state index contributed by atoms with van der Waals surface area (Å²) in [6.07, 6.45) is -0.585. The van der Waals surface area contributed by atoms with E-state index in [4.69, 9.17) is 0 Å². The van der Waals surface area contributed by atoms with Gasteiger partial charge in [-0.3, -0.25) is 10.1 Å². The fraction of sp³-hybridized carbons (Fsp3) is 0.545. The third-order valence-electron chi connectivity index (χ3n) is 2.71. The van der Waals surface area contributed by atoms with Gasteiger partial charge in [-0.15, -0.1) is 23.1 Å². The molecule has 1 aromatic rings. The Kier molecular flexibility index (Phi) is 4.44. The maximum atomic E-state index is 12.0. The number of nitrogens with one attached hydrogen (secondary N) is 1. The predicted octanol–water partition coefficient (Wildman–Crippen LogP) is 0.902. The Hall–Kier alpha value is -0.560. The molecule has 2 unspecified atom stereocenters. The van der Waals surface area contributed by atoms with Crippen LogP contribution in [0.2, 0.25) is 0 Å². The van der Waals surface area contributed by atoms with E-state index in [0.717, 1.165) is 16.5 Å². The van der Waals surface area contributed by atoms with Gasteiger partial charge in [-0.05, 0) is 11.4 Å². The van der Waals surface area contributed by atoms with E-state index < -0.39 is 6.10 Å². The molecule has 4 nitrogen and oxygen atoms in total. The van der Waals surface area contributed by atoms with Crippen LogP contribution in [0.25, 0.3) is 0 Å². The summed E-state index contributed by atoms with van der Waals surface area (Å²) in [5, 5.41) is 15.0. The lowest BCUT2D eigenvalue weighted by molar-refractivity contribution is -0.132. The highest BCUT2D eigenvalue weighted by Gasteiger charge is 2.26. The van der Waals surface area contributed by atoms with Gasteiger partial charge >= 0.3 is 0 Å². The molecule has 0 saturated carbocycles. The van der Waals surface area contributed by atoms with Crippen molar-refractivity contribution in [3.63, 3.8) is 0 Å². The van der Waals surface area contributed by atoms with E-state index >= 15 is 0 Å². The summed E-state index contributed by atoms with van der Waals surface area (Å²) in [6, 6.07) is 3.69. The Morgan fingerprint density at radius 2 is 2.59 bits per heavy atom. The molecule has 2 atom stereocenters. The van der Waals surface area contributed by atoms with Crippen LogP contribution in [0, 0.1) is 0 Å². The Morgan fingerprint density at radius 3 is 3.18 bits per heavy atom. The van der Waals surface area contributed by atoms with Crippen LogP contribution in [0.15, 0.2) is 17.5 Å². The van der Waals surface area contributed by atoms with Crippen molar-refractivity contribution in [2.75, 3.05) is 25.2 Å². The Balaban J connectivity index is 1.87. The zero-order chi connectivity index (χ0) is 12.3. The Bertz CT molecular complexity index is 364. The minimum absolute atomic E-state index is 0.0607. The van der Waals surface area contributed by atoms with Crippen molar-refractivity contribution in [3.05, 3.63) is 22.4 Å². The fourth-order valence-corrected chi connectivity index (χ4v) is 3.38. The molecule has 6 heteroatoms. The summed E-state index contributed by atoms with van der Waals surface area (Å²) in [4.78, 5) is 14.5. The first-order valence-corrected chi connectivity index (χ1v) is 7.49. The van der Waals surface area contributed by atoms with E-state index in [-0.39, 0.29) is 11.9 Å². The van der Waals surface area contributed by atoms with Crippen molar-refractivity contribution in [2.45, 2.75) is 12.1 Å². The number of amides is 1. The molecule has 0 spiro atoms. The number of likely N-dealkylation sites (N-methyl/N-ethyl adjacent to an activating group) is 1. The second kappa shape index (κ2) is 5.86. The minimum atomic E-state index is -0.585. The molecule has 1 aliphatic heterocycles. The highest BCUT2D eigenvalue weighted by atomic mass is 32.2. The molecule has 2 rings (SSSR count). The lowest BCUT2D eigenvalue weighted by atomic mass is 10.2. The van der Waals surface area contributed by atoms with E-state index in [9.17, 15) is 9.90 Å². The van der Waals surface area contributed by atoms with Gasteiger partial charge in [-0.2, -0.15) is 0 Å². The molecule has 1 saturated heterocycles. The molecular formula is C11H16N2O2S2. The second-order valence-electron chi connectivity index (χ2n) is 4.02. The molecule has 2 heterocycles. The van der Waals surface area contributed by atoms with E-state index in [1.165, 1.54) is 11.3 Å². The van der Waals surface area contributed by atoms with Gasteiger partial charge < -0.3 is 10.0 Å². The van der Waals surface area contributed by atoms with Gasteiger partial charge in [0.25, 0.3) is 0 Å². The molecular weight excluding hydrogens is 256 g/mol. The molecule has 0 radical (unpaired) electrons. The highest BCUT2D eigenvalue weighted by Crippen LogP contribution is 2.20. The zero-order valence-corrected chi connectivity index (χ0v) is 11.3. The van der Waals surface area contributed by atoms with Crippen molar-refractivity contribution in [1.82, 2.24) is 10.2 Å². The number of carbonyl (C=O) groups excluding carboxylic acids is 1. The molecule has 2 N–H and O–H groups in total. The zero-order valence-electron chi connectivity index (χ0n) is 9.63. The van der Waals surface area contributed by atoms with Crippen molar-refractivity contribution < 1.29 is 9.90 Å². The van der Waals surface area contributed by atoms with Gasteiger partial charge in [0, 0.05) is 23.6 Å². The van der Waals surface area contributed by atoms with Gasteiger partial charge in [0.2, 0.25) is 5.91 Å². The highest BCUT2D eigenvalue weighted by molar-refractivity contribution is 7.99. The van der Waals surface area contributed by atoms with Crippen molar-refractivity contribution in [1.29, 1.82) is 0 Å². The molecule has 0 bridgehead atoms. The molecule has 1 amide bonds. The van der Waals surface area contributed by atoms with Crippen LogP contribution in [0.5, 0.6) is 0 Å². The molecule has 1 fully saturated rings. The lowest BCUT2D eigenvalue weighted by Crippen LogP contribution is -2.44. The van der Waals surface area contributed by atoms with Crippen LogP contribution in [-0.4, -0.2) is 47.2 Å². The lowest BCUT2D eigenvalue weighted by Gasteiger charge is -2.23. The maximum absolute atomic E-state index is 12.0. The van der Waals surface area contributed by atoms with Crippen LogP contribution < -0.4 is 5.32 Å². The number of carbonyl (C=O) groups is 1. The molecule has 1 aliphatic rings. The second-order valence-corrected chi connectivity index (χ2v) is 6.03. The normalized spacial score (nSPS) is 21.4. The standard InChI is InChI=1S/C11H16N2O2S2/c1-13(11(15)8-6-16-7-12-8)5-9(14)10-3-2-4-17-10/h2-4,8-9,12,14H,5-7H2,1H3. The maximum Gasteiger partial charge on any atom is 0.240 e. The average molecular weight is 272 g/mol. The first-order valence-electron chi connectivity index (χ1n) is 5.46. The summed E-state index contributed by atoms with van der Waals surface area (Å²) >= 11 is 3.23. The number of hydrogen-bond acceptors (Lipinski definition) is 5. The smallest absolute Gasteiger partial charge is 0.240 e. The van der Waals surface area contributed by atoms with E-state index in [0.29, 0.717) is 6.54 Å². The molecule has 0 aliphatic carbocycles. The summed E-state index contributed by atoms with van der Waals surface area (Å²) < 4.78 is 0. The van der Waals surface area contributed by atoms with Crippen LogP contribution in [0.1, 0.15) is 11.0 Å². The van der Waals surface area contributed by atoms with Crippen LogP contribution in [0.3, 0.4) is 0 Å². The number of aliphatic hydroxyl groups excluding tert-OH is 1. The number of rotatable bonds is 4. The van der Waals surface area contributed by atoms with E-state index in [2.05, 4.69) is 5.32 Å². The SMILES string of the molecule is CN(CC(O)c1cccs1)C(=O)C1CSCN1. The van der Waals surface area contributed by atoms with Gasteiger partial charge in [0.1, 0.15) is 6.10 Å².